The fourth-order valence-electron chi connectivity index (χ4n) is 1.64. The van der Waals surface area contributed by atoms with Gasteiger partial charge in [-0.15, -0.1) is 11.6 Å². The van der Waals surface area contributed by atoms with Gasteiger partial charge in [-0.3, -0.25) is 0 Å². The standard InChI is InChI=1S/C12H18ClNO2S/c1-3-10(8-9-13)14-11-6-4-5-7-12(11)17(2,15)16/h4-7,10,14H,3,8-9H2,1-2H3. The van der Waals surface area contributed by atoms with E-state index in [0.29, 0.717) is 16.5 Å². The van der Waals surface area contributed by atoms with E-state index < -0.39 is 9.84 Å². The Labute approximate surface area is 108 Å². The second-order valence-electron chi connectivity index (χ2n) is 4.00. The first-order valence-corrected chi connectivity index (χ1v) is 8.03. The van der Waals surface area contributed by atoms with Crippen molar-refractivity contribution in [3.63, 3.8) is 0 Å². The second kappa shape index (κ2) is 6.26. The van der Waals surface area contributed by atoms with Crippen LogP contribution in [0.25, 0.3) is 0 Å². The molecule has 1 N–H and O–H groups in total. The summed E-state index contributed by atoms with van der Waals surface area (Å²) in [5, 5.41) is 3.24. The maximum absolute atomic E-state index is 11.6. The van der Waals surface area contributed by atoms with Crippen LogP contribution in [0.15, 0.2) is 29.2 Å². The summed E-state index contributed by atoms with van der Waals surface area (Å²) in [4.78, 5) is 0.341. The molecular weight excluding hydrogens is 258 g/mol. The first kappa shape index (κ1) is 14.3. The van der Waals surface area contributed by atoms with Crippen molar-refractivity contribution in [2.45, 2.75) is 30.7 Å². The SMILES string of the molecule is CCC(CCCl)Nc1ccccc1S(C)(=O)=O. The third-order valence-electron chi connectivity index (χ3n) is 2.60. The van der Waals surface area contributed by atoms with E-state index in [-0.39, 0.29) is 6.04 Å². The molecule has 96 valence electrons. The van der Waals surface area contributed by atoms with Gasteiger partial charge >= 0.3 is 0 Å². The predicted molar refractivity (Wildman–Crippen MR) is 72.6 cm³/mol. The topological polar surface area (TPSA) is 46.2 Å². The molecule has 0 saturated carbocycles. The van der Waals surface area contributed by atoms with Crippen molar-refractivity contribution in [2.24, 2.45) is 0 Å². The molecule has 0 heterocycles. The summed E-state index contributed by atoms with van der Waals surface area (Å²) >= 11 is 5.71. The summed E-state index contributed by atoms with van der Waals surface area (Å²) in [5.41, 5.74) is 0.659. The molecule has 0 amide bonds. The summed E-state index contributed by atoms with van der Waals surface area (Å²) in [6.45, 7) is 2.05. The molecule has 17 heavy (non-hydrogen) atoms. The van der Waals surface area contributed by atoms with E-state index in [4.69, 9.17) is 11.6 Å². The highest BCUT2D eigenvalue weighted by Crippen LogP contribution is 2.22. The van der Waals surface area contributed by atoms with Gasteiger partial charge in [0.15, 0.2) is 9.84 Å². The largest absolute Gasteiger partial charge is 0.381 e. The van der Waals surface area contributed by atoms with Gasteiger partial charge in [0, 0.05) is 18.2 Å². The number of rotatable bonds is 6. The van der Waals surface area contributed by atoms with Gasteiger partial charge in [0.25, 0.3) is 0 Å². The van der Waals surface area contributed by atoms with Crippen molar-refractivity contribution in [2.75, 3.05) is 17.5 Å². The fraction of sp³-hybridized carbons (Fsp3) is 0.500. The number of anilines is 1. The van der Waals surface area contributed by atoms with E-state index in [1.165, 1.54) is 6.26 Å². The van der Waals surface area contributed by atoms with Gasteiger partial charge in [0.2, 0.25) is 0 Å². The summed E-state index contributed by atoms with van der Waals surface area (Å²) < 4.78 is 23.2. The lowest BCUT2D eigenvalue weighted by molar-refractivity contribution is 0.601. The van der Waals surface area contributed by atoms with Crippen LogP contribution in [0.2, 0.25) is 0 Å². The number of hydrogen-bond donors (Lipinski definition) is 1. The van der Waals surface area contributed by atoms with Crippen LogP contribution < -0.4 is 5.32 Å². The molecule has 0 aliphatic carbocycles. The van der Waals surface area contributed by atoms with Crippen molar-refractivity contribution in [1.29, 1.82) is 0 Å². The average Bonchev–Trinajstić information content (AvgIpc) is 2.27. The quantitative estimate of drug-likeness (QED) is 0.812. The van der Waals surface area contributed by atoms with Gasteiger partial charge in [-0.2, -0.15) is 0 Å². The maximum atomic E-state index is 11.6. The van der Waals surface area contributed by atoms with E-state index in [2.05, 4.69) is 5.32 Å². The number of sulfone groups is 1. The third-order valence-corrected chi connectivity index (χ3v) is 3.97. The lowest BCUT2D eigenvalue weighted by Gasteiger charge is -2.19. The molecule has 0 radical (unpaired) electrons. The van der Waals surface area contributed by atoms with Crippen molar-refractivity contribution in [3.05, 3.63) is 24.3 Å². The maximum Gasteiger partial charge on any atom is 0.177 e. The van der Waals surface area contributed by atoms with E-state index in [1.807, 2.05) is 13.0 Å². The molecule has 0 aliphatic rings. The minimum atomic E-state index is -3.20. The van der Waals surface area contributed by atoms with E-state index >= 15 is 0 Å². The molecular formula is C12H18ClNO2S. The number of benzene rings is 1. The van der Waals surface area contributed by atoms with Gasteiger partial charge in [-0.25, -0.2) is 8.42 Å². The molecule has 3 nitrogen and oxygen atoms in total. The second-order valence-corrected chi connectivity index (χ2v) is 6.36. The molecule has 0 bridgehead atoms. The van der Waals surface area contributed by atoms with Gasteiger partial charge in [0.1, 0.15) is 0 Å². The van der Waals surface area contributed by atoms with Crippen LogP contribution in [-0.4, -0.2) is 26.6 Å². The highest BCUT2D eigenvalue weighted by Gasteiger charge is 2.14. The Hall–Kier alpha value is -0.740. The van der Waals surface area contributed by atoms with Crippen molar-refractivity contribution in [3.8, 4) is 0 Å². The van der Waals surface area contributed by atoms with Crippen LogP contribution >= 0.6 is 11.6 Å². The summed E-state index contributed by atoms with van der Waals surface area (Å²) in [6.07, 6.45) is 2.94. The van der Waals surface area contributed by atoms with Crippen molar-refractivity contribution in [1.82, 2.24) is 0 Å². The molecule has 0 saturated heterocycles. The van der Waals surface area contributed by atoms with E-state index in [1.54, 1.807) is 18.2 Å². The first-order valence-electron chi connectivity index (χ1n) is 5.60. The molecule has 1 aromatic carbocycles. The average molecular weight is 276 g/mol. The van der Waals surface area contributed by atoms with Crippen LogP contribution in [0.4, 0.5) is 5.69 Å². The number of para-hydroxylation sites is 1. The zero-order chi connectivity index (χ0) is 12.9. The molecule has 0 aromatic heterocycles. The summed E-state index contributed by atoms with van der Waals surface area (Å²) in [6, 6.07) is 7.16. The Morgan fingerprint density at radius 2 is 2.00 bits per heavy atom. The summed E-state index contributed by atoms with van der Waals surface area (Å²) in [7, 11) is -3.20. The van der Waals surface area contributed by atoms with Crippen LogP contribution in [0.3, 0.4) is 0 Å². The highest BCUT2D eigenvalue weighted by atomic mass is 35.5. The number of hydrogen-bond acceptors (Lipinski definition) is 3. The molecule has 1 aromatic rings. The van der Waals surface area contributed by atoms with Crippen LogP contribution in [0, 0.1) is 0 Å². The highest BCUT2D eigenvalue weighted by molar-refractivity contribution is 7.90. The third kappa shape index (κ3) is 4.21. The molecule has 0 aliphatic heterocycles. The predicted octanol–water partition coefficient (Wildman–Crippen LogP) is 2.91. The number of nitrogens with one attached hydrogen (secondary N) is 1. The lowest BCUT2D eigenvalue weighted by Crippen LogP contribution is -2.20. The molecule has 5 heteroatoms. The molecule has 0 spiro atoms. The zero-order valence-corrected chi connectivity index (χ0v) is 11.7. The van der Waals surface area contributed by atoms with E-state index in [9.17, 15) is 8.42 Å². The smallest absolute Gasteiger partial charge is 0.177 e. The Morgan fingerprint density at radius 3 is 2.53 bits per heavy atom. The van der Waals surface area contributed by atoms with E-state index in [0.717, 1.165) is 12.8 Å². The Balaban J connectivity index is 2.98. The molecule has 1 unspecified atom stereocenters. The van der Waals surface area contributed by atoms with Crippen molar-refractivity contribution >= 4 is 27.1 Å². The van der Waals surface area contributed by atoms with Gasteiger partial charge < -0.3 is 5.32 Å². The Morgan fingerprint density at radius 1 is 1.35 bits per heavy atom. The number of halogens is 1. The molecule has 0 fully saturated rings. The zero-order valence-electron chi connectivity index (χ0n) is 10.1. The molecule has 1 atom stereocenters. The molecule has 1 rings (SSSR count). The lowest BCUT2D eigenvalue weighted by atomic mass is 10.1. The first-order chi connectivity index (χ1) is 7.99. The fourth-order valence-corrected chi connectivity index (χ4v) is 2.75. The summed E-state index contributed by atoms with van der Waals surface area (Å²) in [5.74, 6) is 0.562. The van der Waals surface area contributed by atoms with Crippen molar-refractivity contribution < 1.29 is 8.42 Å². The monoisotopic (exact) mass is 275 g/mol. The minimum Gasteiger partial charge on any atom is -0.381 e. The number of alkyl halides is 1. The Kier molecular flexibility index (Phi) is 5.28. The minimum absolute atomic E-state index is 0.204. The van der Waals surface area contributed by atoms with Crippen LogP contribution in [-0.2, 0) is 9.84 Å². The van der Waals surface area contributed by atoms with Gasteiger partial charge in [0.05, 0.1) is 10.6 Å². The van der Waals surface area contributed by atoms with Gasteiger partial charge in [-0.1, -0.05) is 19.1 Å². The normalized spacial score (nSPS) is 13.4. The van der Waals surface area contributed by atoms with Crippen LogP contribution in [0.1, 0.15) is 19.8 Å². The van der Waals surface area contributed by atoms with Crippen LogP contribution in [0.5, 0.6) is 0 Å². The Bertz CT molecular complexity index is 459. The van der Waals surface area contributed by atoms with Gasteiger partial charge in [-0.05, 0) is 25.0 Å².